The Hall–Kier alpha value is -2.28. The third-order valence-electron chi connectivity index (χ3n) is 4.51. The highest BCUT2D eigenvalue weighted by Crippen LogP contribution is 2.37. The third-order valence-corrected chi connectivity index (χ3v) is 4.51. The van der Waals surface area contributed by atoms with Gasteiger partial charge in [-0.15, -0.1) is 0 Å². The van der Waals surface area contributed by atoms with Gasteiger partial charge in [-0.25, -0.2) is 0 Å². The zero-order valence-corrected chi connectivity index (χ0v) is 15.8. The Kier molecular flexibility index (Phi) is 7.26. The number of methoxy groups -OCH3 is 3. The number of ether oxygens (including phenoxy) is 4. The van der Waals surface area contributed by atoms with Crippen molar-refractivity contribution in [1.29, 1.82) is 0 Å². The summed E-state index contributed by atoms with van der Waals surface area (Å²) in [4.78, 5) is 26.4. The number of esters is 1. The Bertz CT molecular complexity index is 630. The number of amides is 1. The van der Waals surface area contributed by atoms with Crippen LogP contribution >= 0.6 is 0 Å². The van der Waals surface area contributed by atoms with Crippen molar-refractivity contribution in [3.8, 4) is 11.5 Å². The van der Waals surface area contributed by atoms with E-state index >= 15 is 0 Å². The number of benzene rings is 1. The van der Waals surface area contributed by atoms with Crippen molar-refractivity contribution < 1.29 is 28.5 Å². The number of carbonyl (C=O) groups excluding carboxylic acids is 2. The van der Waals surface area contributed by atoms with Gasteiger partial charge in [-0.1, -0.05) is 6.07 Å². The Morgan fingerprint density at radius 3 is 2.58 bits per heavy atom. The van der Waals surface area contributed by atoms with Gasteiger partial charge in [-0.05, 0) is 37.5 Å². The number of likely N-dealkylation sites (tertiary alicyclic amines) is 1. The molecule has 7 heteroatoms. The van der Waals surface area contributed by atoms with Gasteiger partial charge in [0, 0.05) is 13.0 Å². The number of carbonyl (C=O) groups is 2. The Balaban J connectivity index is 2.44. The molecule has 1 aromatic rings. The minimum atomic E-state index is -0.494. The van der Waals surface area contributed by atoms with Crippen molar-refractivity contribution in [3.05, 3.63) is 23.8 Å². The Morgan fingerprint density at radius 2 is 1.96 bits per heavy atom. The molecule has 0 aromatic heterocycles. The molecule has 1 saturated heterocycles. The van der Waals surface area contributed by atoms with Crippen LogP contribution in [0.15, 0.2) is 18.2 Å². The van der Waals surface area contributed by atoms with Gasteiger partial charge in [-0.3, -0.25) is 9.59 Å². The molecule has 1 aliphatic rings. The van der Waals surface area contributed by atoms with Crippen LogP contribution in [0.25, 0.3) is 0 Å². The van der Waals surface area contributed by atoms with E-state index in [0.717, 1.165) is 18.4 Å². The molecule has 0 saturated carbocycles. The second-order valence-corrected chi connectivity index (χ2v) is 6.01. The van der Waals surface area contributed by atoms with E-state index < -0.39 is 12.0 Å². The summed E-state index contributed by atoms with van der Waals surface area (Å²) in [6.45, 7) is 2.38. The molecule has 1 fully saturated rings. The maximum absolute atomic E-state index is 12.7. The average molecular weight is 365 g/mol. The van der Waals surface area contributed by atoms with Crippen LogP contribution in [0.1, 0.15) is 44.2 Å². The lowest BCUT2D eigenvalue weighted by atomic mass is 9.97. The summed E-state index contributed by atoms with van der Waals surface area (Å²) < 4.78 is 21.3. The van der Waals surface area contributed by atoms with Crippen molar-refractivity contribution in [2.24, 2.45) is 0 Å². The largest absolute Gasteiger partial charge is 0.493 e. The summed E-state index contributed by atoms with van der Waals surface area (Å²) >= 11 is 0. The topological polar surface area (TPSA) is 74.3 Å². The fourth-order valence-corrected chi connectivity index (χ4v) is 3.27. The number of hydrogen-bond acceptors (Lipinski definition) is 6. The van der Waals surface area contributed by atoms with E-state index in [2.05, 4.69) is 0 Å². The van der Waals surface area contributed by atoms with Crippen molar-refractivity contribution in [2.45, 2.75) is 44.9 Å². The Morgan fingerprint density at radius 1 is 1.23 bits per heavy atom. The summed E-state index contributed by atoms with van der Waals surface area (Å²) in [7, 11) is 4.45. The summed E-state index contributed by atoms with van der Waals surface area (Å²) in [5.74, 6) is 0.702. The molecule has 26 heavy (non-hydrogen) atoms. The zero-order valence-electron chi connectivity index (χ0n) is 15.8. The van der Waals surface area contributed by atoms with Gasteiger partial charge in [0.15, 0.2) is 11.5 Å². The van der Waals surface area contributed by atoms with Crippen molar-refractivity contribution >= 4 is 11.9 Å². The van der Waals surface area contributed by atoms with Crippen molar-refractivity contribution in [3.63, 3.8) is 0 Å². The van der Waals surface area contributed by atoms with Crippen LogP contribution < -0.4 is 9.47 Å². The van der Waals surface area contributed by atoms with E-state index in [-0.39, 0.29) is 18.6 Å². The lowest BCUT2D eigenvalue weighted by Gasteiger charge is -2.40. The van der Waals surface area contributed by atoms with E-state index in [0.29, 0.717) is 24.5 Å². The van der Waals surface area contributed by atoms with E-state index in [1.165, 1.54) is 7.11 Å². The number of nitrogens with zero attached hydrogens (tertiary/aromatic N) is 1. The molecule has 0 bridgehead atoms. The van der Waals surface area contributed by atoms with Gasteiger partial charge in [0.25, 0.3) is 0 Å². The molecule has 1 heterocycles. The van der Waals surface area contributed by atoms with E-state index in [4.69, 9.17) is 18.9 Å². The lowest BCUT2D eigenvalue weighted by Crippen LogP contribution is -2.47. The molecule has 0 aliphatic carbocycles. The van der Waals surface area contributed by atoms with Crippen LogP contribution in [0.3, 0.4) is 0 Å². The normalized spacial score (nSPS) is 18.4. The molecule has 1 amide bonds. The first kappa shape index (κ1) is 20.0. The monoisotopic (exact) mass is 365 g/mol. The molecule has 7 nitrogen and oxygen atoms in total. The summed E-state index contributed by atoms with van der Waals surface area (Å²) in [6, 6.07) is 4.89. The molecule has 0 spiro atoms. The smallest absolute Gasteiger partial charge is 0.307 e. The molecule has 0 radical (unpaired) electrons. The average Bonchev–Trinajstić information content (AvgIpc) is 2.66. The highest BCUT2D eigenvalue weighted by Gasteiger charge is 2.36. The fraction of sp³-hybridized carbons (Fsp3) is 0.579. The van der Waals surface area contributed by atoms with Gasteiger partial charge >= 0.3 is 5.97 Å². The minimum Gasteiger partial charge on any atom is -0.493 e. The predicted octanol–water partition coefficient (Wildman–Crippen LogP) is 2.68. The molecule has 1 aliphatic heterocycles. The van der Waals surface area contributed by atoms with Crippen LogP contribution in [-0.4, -0.2) is 50.9 Å². The predicted molar refractivity (Wildman–Crippen MR) is 95.0 cm³/mol. The first-order chi connectivity index (χ1) is 12.5. The number of piperidine rings is 1. The molecule has 1 aromatic carbocycles. The quantitative estimate of drug-likeness (QED) is 0.660. The van der Waals surface area contributed by atoms with E-state index in [1.807, 2.05) is 13.0 Å². The highest BCUT2D eigenvalue weighted by atomic mass is 16.5. The van der Waals surface area contributed by atoms with Crippen LogP contribution in [0, 0.1) is 0 Å². The minimum absolute atomic E-state index is 0.0293. The summed E-state index contributed by atoms with van der Waals surface area (Å²) in [5.41, 5.74) is 0.771. The number of rotatable bonds is 8. The summed E-state index contributed by atoms with van der Waals surface area (Å²) in [6.07, 6.45) is 1.64. The van der Waals surface area contributed by atoms with Crippen LogP contribution in [0.4, 0.5) is 0 Å². The third kappa shape index (κ3) is 4.46. The van der Waals surface area contributed by atoms with E-state index in [1.54, 1.807) is 31.3 Å². The van der Waals surface area contributed by atoms with Crippen LogP contribution in [0.5, 0.6) is 11.5 Å². The standard InChI is InChI=1S/C19H27NO6/c1-5-26-18-8-6-7-17(21)20(18)14(12-19(22)25-4)13-9-10-15(23-2)16(11-13)24-3/h9-11,14,18H,5-8,12H2,1-4H3/t14-,18?/m0/s1. The first-order valence-electron chi connectivity index (χ1n) is 8.77. The first-order valence-corrected chi connectivity index (χ1v) is 8.77. The SMILES string of the molecule is CCOC1CCCC(=O)N1[C@@H](CC(=O)OC)c1ccc(OC)c(OC)c1. The van der Waals surface area contributed by atoms with Gasteiger partial charge in [-0.2, -0.15) is 0 Å². The molecule has 0 N–H and O–H groups in total. The molecule has 2 atom stereocenters. The molecule has 2 rings (SSSR count). The van der Waals surface area contributed by atoms with Crippen LogP contribution in [-0.2, 0) is 19.1 Å². The Labute approximate surface area is 154 Å². The second-order valence-electron chi connectivity index (χ2n) is 6.01. The van der Waals surface area contributed by atoms with Gasteiger partial charge < -0.3 is 23.8 Å². The van der Waals surface area contributed by atoms with Crippen molar-refractivity contribution in [2.75, 3.05) is 27.9 Å². The highest BCUT2D eigenvalue weighted by molar-refractivity contribution is 5.79. The van der Waals surface area contributed by atoms with Gasteiger partial charge in [0.2, 0.25) is 5.91 Å². The number of hydrogen-bond donors (Lipinski definition) is 0. The summed E-state index contributed by atoms with van der Waals surface area (Å²) in [5, 5.41) is 0. The lowest BCUT2D eigenvalue weighted by molar-refractivity contribution is -0.162. The second kappa shape index (κ2) is 9.43. The molecule has 1 unspecified atom stereocenters. The molecular formula is C19H27NO6. The van der Waals surface area contributed by atoms with Gasteiger partial charge in [0.05, 0.1) is 33.8 Å². The molecular weight excluding hydrogens is 338 g/mol. The maximum Gasteiger partial charge on any atom is 0.307 e. The molecule has 144 valence electrons. The fourth-order valence-electron chi connectivity index (χ4n) is 3.27. The van der Waals surface area contributed by atoms with E-state index in [9.17, 15) is 9.59 Å². The zero-order chi connectivity index (χ0) is 19.1. The maximum atomic E-state index is 12.7. The van der Waals surface area contributed by atoms with Crippen molar-refractivity contribution in [1.82, 2.24) is 4.90 Å². The van der Waals surface area contributed by atoms with Gasteiger partial charge in [0.1, 0.15) is 6.23 Å². The van der Waals surface area contributed by atoms with Crippen LogP contribution in [0.2, 0.25) is 0 Å².